The number of aliphatic hydroxyl groups is 2. The van der Waals surface area contributed by atoms with Crippen molar-refractivity contribution in [1.29, 1.82) is 0 Å². The fourth-order valence-electron chi connectivity index (χ4n) is 4.04. The standard InChI is InChI=1S/C29H19NO2/c31-28(18-15-22-9-3-1-4-10-22)24-13-7-8-14-25(24)29(32,27-21-30-20-17-26(27)28)19-16-23-11-5-2-6-12-23/h1-14,17,20-21,31-32H/t28-,29+/m1/s1. The summed E-state index contributed by atoms with van der Waals surface area (Å²) in [6, 6.07) is 27.9. The van der Waals surface area contributed by atoms with Crippen LogP contribution in [-0.4, -0.2) is 15.2 Å². The highest BCUT2D eigenvalue weighted by Crippen LogP contribution is 2.47. The number of nitrogens with zero attached hydrogens (tertiary/aromatic N) is 1. The molecular weight excluding hydrogens is 394 g/mol. The molecule has 1 heterocycles. The van der Waals surface area contributed by atoms with Crippen LogP contribution >= 0.6 is 0 Å². The molecule has 0 saturated heterocycles. The van der Waals surface area contributed by atoms with E-state index in [2.05, 4.69) is 28.7 Å². The first kappa shape index (κ1) is 19.8. The maximum absolute atomic E-state index is 11.9. The van der Waals surface area contributed by atoms with Gasteiger partial charge in [-0.3, -0.25) is 4.98 Å². The van der Waals surface area contributed by atoms with Crippen LogP contribution in [0.5, 0.6) is 0 Å². The molecule has 0 spiro atoms. The number of aromatic nitrogens is 1. The fraction of sp³-hybridized carbons (Fsp3) is 0.0690. The molecule has 3 heteroatoms. The molecule has 1 aliphatic rings. The molecule has 1 aromatic heterocycles. The number of rotatable bonds is 0. The maximum Gasteiger partial charge on any atom is 0.179 e. The highest BCUT2D eigenvalue weighted by Gasteiger charge is 2.48. The molecule has 32 heavy (non-hydrogen) atoms. The molecule has 2 N–H and O–H groups in total. The lowest BCUT2D eigenvalue weighted by Gasteiger charge is -2.39. The quantitative estimate of drug-likeness (QED) is 0.429. The van der Waals surface area contributed by atoms with Crippen molar-refractivity contribution in [2.45, 2.75) is 11.2 Å². The second-order valence-corrected chi connectivity index (χ2v) is 7.62. The Morgan fingerprint density at radius 1 is 0.531 bits per heavy atom. The van der Waals surface area contributed by atoms with Crippen LogP contribution in [0.15, 0.2) is 103 Å². The monoisotopic (exact) mass is 413 g/mol. The number of pyridine rings is 1. The van der Waals surface area contributed by atoms with Crippen molar-refractivity contribution in [3.63, 3.8) is 0 Å². The molecule has 0 amide bonds. The van der Waals surface area contributed by atoms with E-state index in [1.165, 1.54) is 0 Å². The summed E-state index contributed by atoms with van der Waals surface area (Å²) in [5.41, 5.74) is 0.210. The van der Waals surface area contributed by atoms with Crippen molar-refractivity contribution < 1.29 is 10.2 Å². The summed E-state index contributed by atoms with van der Waals surface area (Å²) in [6.07, 6.45) is 3.15. The molecular formula is C29H19NO2. The van der Waals surface area contributed by atoms with Crippen LogP contribution in [0.25, 0.3) is 0 Å². The van der Waals surface area contributed by atoms with Crippen molar-refractivity contribution in [3.05, 3.63) is 137 Å². The van der Waals surface area contributed by atoms with E-state index in [1.807, 2.05) is 72.8 Å². The van der Waals surface area contributed by atoms with Crippen LogP contribution in [0.4, 0.5) is 0 Å². The van der Waals surface area contributed by atoms with Gasteiger partial charge in [-0.15, -0.1) is 0 Å². The smallest absolute Gasteiger partial charge is 0.179 e. The molecule has 0 unspecified atom stereocenters. The summed E-state index contributed by atoms with van der Waals surface area (Å²) in [5.74, 6) is 12.3. The van der Waals surface area contributed by atoms with E-state index in [-0.39, 0.29) is 0 Å². The van der Waals surface area contributed by atoms with Crippen molar-refractivity contribution in [1.82, 2.24) is 4.98 Å². The summed E-state index contributed by atoms with van der Waals surface area (Å²) in [6.45, 7) is 0. The third-order valence-corrected chi connectivity index (χ3v) is 5.63. The molecule has 0 bridgehead atoms. The van der Waals surface area contributed by atoms with E-state index in [4.69, 9.17) is 0 Å². The maximum atomic E-state index is 11.9. The molecule has 0 radical (unpaired) electrons. The molecule has 5 rings (SSSR count). The molecule has 4 aromatic rings. The summed E-state index contributed by atoms with van der Waals surface area (Å²) in [4.78, 5) is 4.22. The third kappa shape index (κ3) is 3.27. The zero-order chi connectivity index (χ0) is 22.0. The molecule has 0 aliphatic heterocycles. The van der Waals surface area contributed by atoms with Gasteiger partial charge < -0.3 is 10.2 Å². The minimum Gasteiger partial charge on any atom is -0.369 e. The Balaban J connectivity index is 1.74. The van der Waals surface area contributed by atoms with Crippen molar-refractivity contribution in [2.75, 3.05) is 0 Å². The van der Waals surface area contributed by atoms with Gasteiger partial charge in [0.1, 0.15) is 0 Å². The van der Waals surface area contributed by atoms with Crippen LogP contribution in [0.3, 0.4) is 0 Å². The van der Waals surface area contributed by atoms with Gasteiger partial charge in [0.15, 0.2) is 11.2 Å². The largest absolute Gasteiger partial charge is 0.369 e. The van der Waals surface area contributed by atoms with Gasteiger partial charge in [-0.25, -0.2) is 0 Å². The van der Waals surface area contributed by atoms with Gasteiger partial charge in [-0.2, -0.15) is 0 Å². The lowest BCUT2D eigenvalue weighted by Crippen LogP contribution is -2.41. The summed E-state index contributed by atoms with van der Waals surface area (Å²) >= 11 is 0. The number of hydrogen-bond acceptors (Lipinski definition) is 3. The van der Waals surface area contributed by atoms with Gasteiger partial charge in [0.25, 0.3) is 0 Å². The van der Waals surface area contributed by atoms with Gasteiger partial charge >= 0.3 is 0 Å². The van der Waals surface area contributed by atoms with E-state index in [9.17, 15) is 10.2 Å². The van der Waals surface area contributed by atoms with E-state index < -0.39 is 11.2 Å². The van der Waals surface area contributed by atoms with Crippen LogP contribution < -0.4 is 0 Å². The number of benzene rings is 3. The Kier molecular flexibility index (Phi) is 4.85. The fourth-order valence-corrected chi connectivity index (χ4v) is 4.04. The zero-order valence-corrected chi connectivity index (χ0v) is 17.2. The van der Waals surface area contributed by atoms with E-state index >= 15 is 0 Å². The molecule has 152 valence electrons. The molecule has 3 aromatic carbocycles. The summed E-state index contributed by atoms with van der Waals surface area (Å²) in [7, 11) is 0. The first-order valence-electron chi connectivity index (χ1n) is 10.3. The highest BCUT2D eigenvalue weighted by molar-refractivity contribution is 5.64. The Morgan fingerprint density at radius 2 is 0.969 bits per heavy atom. The second-order valence-electron chi connectivity index (χ2n) is 7.62. The predicted molar refractivity (Wildman–Crippen MR) is 123 cm³/mol. The second kappa shape index (κ2) is 7.84. The van der Waals surface area contributed by atoms with Crippen molar-refractivity contribution in [3.8, 4) is 23.7 Å². The Bertz CT molecular complexity index is 1250. The minimum absolute atomic E-state index is 0.423. The topological polar surface area (TPSA) is 53.4 Å². The first-order chi connectivity index (χ1) is 15.6. The van der Waals surface area contributed by atoms with Crippen molar-refractivity contribution in [2.24, 2.45) is 0 Å². The Hall–Kier alpha value is -4.15. The van der Waals surface area contributed by atoms with Crippen LogP contribution in [0.1, 0.15) is 33.4 Å². The van der Waals surface area contributed by atoms with Gasteiger partial charge in [0.05, 0.1) is 0 Å². The van der Waals surface area contributed by atoms with E-state index in [0.29, 0.717) is 22.3 Å². The zero-order valence-electron chi connectivity index (χ0n) is 17.2. The van der Waals surface area contributed by atoms with E-state index in [0.717, 1.165) is 11.1 Å². The lowest BCUT2D eigenvalue weighted by molar-refractivity contribution is 0.0940. The number of fused-ring (bicyclic) bond motifs is 2. The Morgan fingerprint density at radius 3 is 1.50 bits per heavy atom. The molecule has 0 fully saturated rings. The molecule has 3 nitrogen and oxygen atoms in total. The van der Waals surface area contributed by atoms with Gasteiger partial charge in [0, 0.05) is 45.8 Å². The molecule has 2 atom stereocenters. The van der Waals surface area contributed by atoms with Crippen LogP contribution in [0.2, 0.25) is 0 Å². The first-order valence-corrected chi connectivity index (χ1v) is 10.3. The number of hydrogen-bond donors (Lipinski definition) is 2. The average Bonchev–Trinajstić information content (AvgIpc) is 2.87. The van der Waals surface area contributed by atoms with Crippen molar-refractivity contribution >= 4 is 0 Å². The van der Waals surface area contributed by atoms with E-state index in [1.54, 1.807) is 30.6 Å². The minimum atomic E-state index is -1.64. The third-order valence-electron chi connectivity index (χ3n) is 5.63. The normalized spacial score (nSPS) is 20.6. The van der Waals surface area contributed by atoms with Gasteiger partial charge in [-0.1, -0.05) is 84.3 Å². The van der Waals surface area contributed by atoms with Gasteiger partial charge in [-0.05, 0) is 30.3 Å². The highest BCUT2D eigenvalue weighted by atomic mass is 16.3. The summed E-state index contributed by atoms with van der Waals surface area (Å²) < 4.78 is 0. The average molecular weight is 413 g/mol. The SMILES string of the molecule is O[C@]1(C#Cc2ccccc2)c2ccccc2[C@@](O)(C#Cc2ccccc2)c2cnccc21. The van der Waals surface area contributed by atoms with Gasteiger partial charge in [0.2, 0.25) is 0 Å². The lowest BCUT2D eigenvalue weighted by atomic mass is 9.68. The molecule has 0 saturated carbocycles. The summed E-state index contributed by atoms with van der Waals surface area (Å²) in [5, 5.41) is 23.8. The predicted octanol–water partition coefficient (Wildman–Crippen LogP) is 3.97. The Labute approximate surface area is 187 Å². The molecule has 1 aliphatic carbocycles. The van der Waals surface area contributed by atoms with Crippen LogP contribution in [-0.2, 0) is 11.2 Å². The van der Waals surface area contributed by atoms with Crippen LogP contribution in [0, 0.1) is 23.7 Å².